The Bertz CT molecular complexity index is 582. The topological polar surface area (TPSA) is 58.1 Å². The summed E-state index contributed by atoms with van der Waals surface area (Å²) in [5, 5.41) is 7.03. The lowest BCUT2D eigenvalue weighted by Crippen LogP contribution is -2.48. The van der Waals surface area contributed by atoms with Crippen LogP contribution >= 0.6 is 0 Å². The first-order valence-electron chi connectivity index (χ1n) is 11.3. The lowest BCUT2D eigenvalue weighted by Gasteiger charge is -2.33. The predicted octanol–water partition coefficient (Wildman–Crippen LogP) is 2.79. The maximum Gasteiger partial charge on any atom is 0.191 e. The van der Waals surface area contributed by atoms with Crippen molar-refractivity contribution >= 4 is 5.96 Å². The highest BCUT2D eigenvalue weighted by Crippen LogP contribution is 2.14. The normalized spacial score (nSPS) is 20.0. The van der Waals surface area contributed by atoms with Crippen LogP contribution in [0.5, 0.6) is 0 Å². The average Bonchev–Trinajstić information content (AvgIpc) is 2.76. The Balaban J connectivity index is 1.33. The molecule has 2 fully saturated rings. The number of aliphatic imine (C=N–C) groups is 1. The minimum absolute atomic E-state index is 0.375. The molecule has 29 heavy (non-hydrogen) atoms. The molecular formula is C23H38N4O2. The third-order valence-corrected chi connectivity index (χ3v) is 5.62. The summed E-state index contributed by atoms with van der Waals surface area (Å²) in [4.78, 5) is 7.30. The zero-order chi connectivity index (χ0) is 20.2. The molecule has 6 heteroatoms. The molecule has 0 aliphatic carbocycles. The van der Waals surface area contributed by atoms with Crippen LogP contribution in [-0.2, 0) is 16.0 Å². The summed E-state index contributed by atoms with van der Waals surface area (Å²) in [6, 6.07) is 11.3. The van der Waals surface area contributed by atoms with E-state index in [2.05, 4.69) is 52.8 Å². The Labute approximate surface area is 176 Å². The standard InChI is InChI=1S/C23H38N4O2/c1-2-24-23(25-13-6-16-29-22-11-17-28-18-12-22)26-21-9-14-27(15-10-21)19-20-7-4-3-5-8-20/h3-5,7-8,21-22H,2,6,9-19H2,1H3,(H2,24,25,26). The predicted molar refractivity (Wildman–Crippen MR) is 118 cm³/mol. The van der Waals surface area contributed by atoms with Crippen molar-refractivity contribution in [2.75, 3.05) is 46.0 Å². The molecule has 0 atom stereocenters. The molecule has 2 saturated heterocycles. The van der Waals surface area contributed by atoms with Gasteiger partial charge in [-0.05, 0) is 44.6 Å². The molecule has 2 aliphatic heterocycles. The van der Waals surface area contributed by atoms with Gasteiger partial charge in [-0.25, -0.2) is 0 Å². The van der Waals surface area contributed by atoms with Gasteiger partial charge < -0.3 is 20.1 Å². The molecule has 0 amide bonds. The molecule has 0 bridgehead atoms. The molecule has 2 heterocycles. The number of benzene rings is 1. The van der Waals surface area contributed by atoms with Crippen LogP contribution in [0, 0.1) is 0 Å². The quantitative estimate of drug-likeness (QED) is 0.378. The maximum absolute atomic E-state index is 5.94. The number of hydrogen-bond acceptors (Lipinski definition) is 4. The molecule has 0 aromatic heterocycles. The lowest BCUT2D eigenvalue weighted by molar-refractivity contribution is -0.0318. The minimum Gasteiger partial charge on any atom is -0.381 e. The Morgan fingerprint density at radius 1 is 1.14 bits per heavy atom. The third kappa shape index (κ3) is 8.33. The molecule has 2 N–H and O–H groups in total. The molecule has 0 spiro atoms. The summed E-state index contributed by atoms with van der Waals surface area (Å²) in [6.45, 7) is 9.57. The number of guanidine groups is 1. The largest absolute Gasteiger partial charge is 0.381 e. The Morgan fingerprint density at radius 3 is 2.62 bits per heavy atom. The van der Waals surface area contributed by atoms with E-state index in [1.807, 2.05) is 0 Å². The Morgan fingerprint density at radius 2 is 1.90 bits per heavy atom. The van der Waals surface area contributed by atoms with Gasteiger partial charge in [-0.15, -0.1) is 0 Å². The number of ether oxygens (including phenoxy) is 2. The second-order valence-corrected chi connectivity index (χ2v) is 7.98. The van der Waals surface area contributed by atoms with Gasteiger partial charge in [-0.3, -0.25) is 9.89 Å². The van der Waals surface area contributed by atoms with E-state index in [-0.39, 0.29) is 0 Å². The summed E-state index contributed by atoms with van der Waals surface area (Å²) in [6.07, 6.45) is 5.70. The van der Waals surface area contributed by atoms with Crippen molar-refractivity contribution in [1.82, 2.24) is 15.5 Å². The molecule has 3 rings (SSSR count). The van der Waals surface area contributed by atoms with E-state index < -0.39 is 0 Å². The van der Waals surface area contributed by atoms with Gasteiger partial charge in [-0.2, -0.15) is 0 Å². The van der Waals surface area contributed by atoms with Gasteiger partial charge in [-0.1, -0.05) is 30.3 Å². The summed E-state index contributed by atoms with van der Waals surface area (Å²) in [5.41, 5.74) is 1.40. The van der Waals surface area contributed by atoms with Gasteiger partial charge in [0.2, 0.25) is 0 Å². The van der Waals surface area contributed by atoms with E-state index in [0.717, 1.165) is 90.6 Å². The zero-order valence-electron chi connectivity index (χ0n) is 17.9. The van der Waals surface area contributed by atoms with Crippen LogP contribution in [-0.4, -0.2) is 69.0 Å². The van der Waals surface area contributed by atoms with Gasteiger partial charge in [0, 0.05) is 58.6 Å². The highest BCUT2D eigenvalue weighted by molar-refractivity contribution is 5.80. The number of rotatable bonds is 9. The molecule has 0 saturated carbocycles. The van der Waals surface area contributed by atoms with E-state index >= 15 is 0 Å². The van der Waals surface area contributed by atoms with E-state index in [0.29, 0.717) is 12.1 Å². The van der Waals surface area contributed by atoms with Crippen molar-refractivity contribution in [3.05, 3.63) is 35.9 Å². The van der Waals surface area contributed by atoms with Gasteiger partial charge in [0.1, 0.15) is 0 Å². The third-order valence-electron chi connectivity index (χ3n) is 5.62. The van der Waals surface area contributed by atoms with Crippen molar-refractivity contribution in [2.24, 2.45) is 4.99 Å². The second-order valence-electron chi connectivity index (χ2n) is 7.98. The van der Waals surface area contributed by atoms with Crippen LogP contribution in [0.25, 0.3) is 0 Å². The second kappa shape index (κ2) is 12.8. The average molecular weight is 403 g/mol. The van der Waals surface area contributed by atoms with E-state index in [1.165, 1.54) is 5.56 Å². The Hall–Kier alpha value is -1.63. The first-order chi connectivity index (χ1) is 14.3. The van der Waals surface area contributed by atoms with E-state index in [4.69, 9.17) is 14.5 Å². The number of likely N-dealkylation sites (tertiary alicyclic amines) is 1. The van der Waals surface area contributed by atoms with Crippen LogP contribution in [0.2, 0.25) is 0 Å². The number of hydrogen-bond donors (Lipinski definition) is 2. The van der Waals surface area contributed by atoms with Crippen molar-refractivity contribution in [2.45, 2.75) is 57.7 Å². The highest BCUT2D eigenvalue weighted by atomic mass is 16.5. The summed E-state index contributed by atoms with van der Waals surface area (Å²) < 4.78 is 11.3. The van der Waals surface area contributed by atoms with Crippen LogP contribution in [0.1, 0.15) is 44.6 Å². The molecule has 6 nitrogen and oxygen atoms in total. The van der Waals surface area contributed by atoms with Crippen molar-refractivity contribution in [3.63, 3.8) is 0 Å². The van der Waals surface area contributed by atoms with E-state index in [9.17, 15) is 0 Å². The highest BCUT2D eigenvalue weighted by Gasteiger charge is 2.20. The van der Waals surface area contributed by atoms with Crippen molar-refractivity contribution in [3.8, 4) is 0 Å². The molecular weight excluding hydrogens is 364 g/mol. The summed E-state index contributed by atoms with van der Waals surface area (Å²) >= 11 is 0. The minimum atomic E-state index is 0.375. The fourth-order valence-corrected chi connectivity index (χ4v) is 3.94. The smallest absolute Gasteiger partial charge is 0.191 e. The maximum atomic E-state index is 5.94. The van der Waals surface area contributed by atoms with Crippen molar-refractivity contribution < 1.29 is 9.47 Å². The number of piperidine rings is 1. The van der Waals surface area contributed by atoms with Crippen LogP contribution < -0.4 is 10.6 Å². The van der Waals surface area contributed by atoms with Crippen LogP contribution in [0.15, 0.2) is 35.3 Å². The van der Waals surface area contributed by atoms with Crippen LogP contribution in [0.3, 0.4) is 0 Å². The Kier molecular flexibility index (Phi) is 9.76. The molecule has 2 aliphatic rings. The SMILES string of the molecule is CCNC(=NCCCOC1CCOCC1)NC1CCN(Cc2ccccc2)CC1. The van der Waals surface area contributed by atoms with Gasteiger partial charge in [0.05, 0.1) is 6.10 Å². The zero-order valence-corrected chi connectivity index (χ0v) is 17.9. The van der Waals surface area contributed by atoms with Gasteiger partial charge in [0.25, 0.3) is 0 Å². The fourth-order valence-electron chi connectivity index (χ4n) is 3.94. The summed E-state index contributed by atoms with van der Waals surface area (Å²) in [5.74, 6) is 0.945. The first kappa shape index (κ1) is 22.1. The number of nitrogens with one attached hydrogen (secondary N) is 2. The van der Waals surface area contributed by atoms with E-state index in [1.54, 1.807) is 0 Å². The van der Waals surface area contributed by atoms with Crippen molar-refractivity contribution in [1.29, 1.82) is 0 Å². The number of nitrogens with zero attached hydrogens (tertiary/aromatic N) is 2. The molecule has 1 aromatic carbocycles. The lowest BCUT2D eigenvalue weighted by atomic mass is 10.0. The van der Waals surface area contributed by atoms with Gasteiger partial charge in [0.15, 0.2) is 5.96 Å². The molecule has 0 radical (unpaired) electrons. The molecule has 1 aromatic rings. The van der Waals surface area contributed by atoms with Crippen LogP contribution in [0.4, 0.5) is 0 Å². The monoisotopic (exact) mass is 402 g/mol. The first-order valence-corrected chi connectivity index (χ1v) is 11.3. The molecule has 162 valence electrons. The molecule has 0 unspecified atom stereocenters. The summed E-state index contributed by atoms with van der Waals surface area (Å²) in [7, 11) is 0. The van der Waals surface area contributed by atoms with Gasteiger partial charge >= 0.3 is 0 Å². The fraction of sp³-hybridized carbons (Fsp3) is 0.696.